The molecule has 0 aliphatic heterocycles. The van der Waals surface area contributed by atoms with Crippen LogP contribution in [-0.4, -0.2) is 12.6 Å². The molecule has 0 bridgehead atoms. The van der Waals surface area contributed by atoms with Crippen LogP contribution in [0.2, 0.25) is 10.0 Å². The molecule has 0 aliphatic rings. The minimum absolute atomic E-state index is 0.208. The molecule has 0 heterocycles. The highest BCUT2D eigenvalue weighted by atomic mass is 35.5. The molecule has 0 fully saturated rings. The lowest BCUT2D eigenvalue weighted by Gasteiger charge is -2.07. The third kappa shape index (κ3) is 3.40. The van der Waals surface area contributed by atoms with Crippen LogP contribution in [0.15, 0.2) is 12.1 Å². The Morgan fingerprint density at radius 2 is 2.07 bits per heavy atom. The number of benzene rings is 1. The number of carbonyl (C=O) groups is 1. The van der Waals surface area contributed by atoms with Crippen molar-refractivity contribution in [2.75, 3.05) is 6.61 Å². The van der Waals surface area contributed by atoms with E-state index < -0.39 is 0 Å². The average molecular weight is 247 g/mol. The van der Waals surface area contributed by atoms with Gasteiger partial charge in [0.1, 0.15) is 0 Å². The Morgan fingerprint density at radius 1 is 1.40 bits per heavy atom. The van der Waals surface area contributed by atoms with Crippen LogP contribution >= 0.6 is 23.2 Å². The predicted octanol–water partition coefficient (Wildman–Crippen LogP) is 3.41. The Kier molecular flexibility index (Phi) is 4.43. The van der Waals surface area contributed by atoms with Gasteiger partial charge in [-0.3, -0.25) is 4.79 Å². The molecule has 1 aromatic rings. The smallest absolute Gasteiger partial charge is 0.310 e. The molecule has 0 amide bonds. The number of hydrogen-bond donors (Lipinski definition) is 0. The van der Waals surface area contributed by atoms with Crippen molar-refractivity contribution in [2.24, 2.45) is 0 Å². The molecular formula is C11H12Cl2O2. The van der Waals surface area contributed by atoms with Gasteiger partial charge < -0.3 is 4.74 Å². The minimum Gasteiger partial charge on any atom is -0.466 e. The Labute approximate surface area is 99.1 Å². The van der Waals surface area contributed by atoms with E-state index in [0.29, 0.717) is 16.7 Å². The van der Waals surface area contributed by atoms with Gasteiger partial charge in [-0.1, -0.05) is 23.2 Å². The molecular weight excluding hydrogens is 235 g/mol. The summed E-state index contributed by atoms with van der Waals surface area (Å²) in [5.74, 6) is -0.265. The molecule has 0 spiro atoms. The Hall–Kier alpha value is -0.730. The summed E-state index contributed by atoms with van der Waals surface area (Å²) in [6.07, 6.45) is 0.208. The van der Waals surface area contributed by atoms with Gasteiger partial charge in [0.15, 0.2) is 0 Å². The van der Waals surface area contributed by atoms with Crippen molar-refractivity contribution in [3.63, 3.8) is 0 Å². The highest BCUT2D eigenvalue weighted by Gasteiger charge is 2.10. The molecule has 1 rings (SSSR count). The van der Waals surface area contributed by atoms with Gasteiger partial charge in [-0.2, -0.15) is 0 Å². The standard InChI is InChI=1S/C11H12Cl2O2/c1-3-15-11(14)5-8-4-9(12)6-10(13)7(8)2/h4,6H,3,5H2,1-2H3. The number of halogens is 2. The van der Waals surface area contributed by atoms with Crippen molar-refractivity contribution < 1.29 is 9.53 Å². The fraction of sp³-hybridized carbons (Fsp3) is 0.364. The molecule has 82 valence electrons. The Morgan fingerprint density at radius 3 is 2.67 bits per heavy atom. The summed E-state index contributed by atoms with van der Waals surface area (Å²) in [4.78, 5) is 11.3. The summed E-state index contributed by atoms with van der Waals surface area (Å²) in [6, 6.07) is 3.40. The van der Waals surface area contributed by atoms with E-state index in [0.717, 1.165) is 11.1 Å². The van der Waals surface area contributed by atoms with Gasteiger partial charge in [-0.15, -0.1) is 0 Å². The maximum absolute atomic E-state index is 11.3. The Balaban J connectivity index is 2.89. The third-order valence-corrected chi connectivity index (χ3v) is 2.67. The number of carbonyl (C=O) groups excluding carboxylic acids is 1. The fourth-order valence-electron chi connectivity index (χ4n) is 1.25. The van der Waals surface area contributed by atoms with Gasteiger partial charge in [-0.25, -0.2) is 0 Å². The van der Waals surface area contributed by atoms with Crippen LogP contribution in [0.4, 0.5) is 0 Å². The fourth-order valence-corrected chi connectivity index (χ4v) is 1.79. The van der Waals surface area contributed by atoms with Crippen LogP contribution < -0.4 is 0 Å². The second kappa shape index (κ2) is 5.38. The summed E-state index contributed by atoms with van der Waals surface area (Å²) in [6.45, 7) is 4.01. The minimum atomic E-state index is -0.265. The number of rotatable bonds is 3. The molecule has 0 radical (unpaired) electrons. The molecule has 0 saturated carbocycles. The molecule has 1 aromatic carbocycles. The molecule has 2 nitrogen and oxygen atoms in total. The molecule has 15 heavy (non-hydrogen) atoms. The van der Waals surface area contributed by atoms with Gasteiger partial charge in [-0.05, 0) is 37.1 Å². The van der Waals surface area contributed by atoms with Crippen molar-refractivity contribution in [3.05, 3.63) is 33.3 Å². The van der Waals surface area contributed by atoms with Crippen LogP contribution in [0.3, 0.4) is 0 Å². The second-order valence-corrected chi connectivity index (χ2v) is 4.00. The highest BCUT2D eigenvalue weighted by Crippen LogP contribution is 2.25. The molecule has 0 aliphatic carbocycles. The zero-order chi connectivity index (χ0) is 11.4. The lowest BCUT2D eigenvalue weighted by molar-refractivity contribution is -0.142. The number of hydrogen-bond acceptors (Lipinski definition) is 2. The van der Waals surface area contributed by atoms with E-state index in [1.54, 1.807) is 19.1 Å². The first kappa shape index (κ1) is 12.3. The Bertz CT molecular complexity index is 375. The zero-order valence-electron chi connectivity index (χ0n) is 8.64. The van der Waals surface area contributed by atoms with Crippen LogP contribution in [0.1, 0.15) is 18.1 Å². The predicted molar refractivity (Wildman–Crippen MR) is 61.5 cm³/mol. The average Bonchev–Trinajstić information content (AvgIpc) is 2.13. The van der Waals surface area contributed by atoms with Gasteiger partial charge >= 0.3 is 5.97 Å². The molecule has 0 N–H and O–H groups in total. The maximum atomic E-state index is 11.3. The second-order valence-electron chi connectivity index (χ2n) is 3.15. The SMILES string of the molecule is CCOC(=O)Cc1cc(Cl)cc(Cl)c1C. The lowest BCUT2D eigenvalue weighted by atomic mass is 10.1. The number of esters is 1. The number of ether oxygens (including phenoxy) is 1. The van der Waals surface area contributed by atoms with Crippen LogP contribution in [-0.2, 0) is 16.0 Å². The van der Waals surface area contributed by atoms with Crippen LogP contribution in [0.25, 0.3) is 0 Å². The van der Waals surface area contributed by atoms with Gasteiger partial charge in [0.05, 0.1) is 13.0 Å². The first-order chi connectivity index (χ1) is 7.04. The van der Waals surface area contributed by atoms with E-state index in [4.69, 9.17) is 27.9 Å². The quantitative estimate of drug-likeness (QED) is 0.765. The molecule has 4 heteroatoms. The van der Waals surface area contributed by atoms with E-state index >= 15 is 0 Å². The van der Waals surface area contributed by atoms with E-state index in [9.17, 15) is 4.79 Å². The van der Waals surface area contributed by atoms with Gasteiger partial charge in [0.25, 0.3) is 0 Å². The van der Waals surface area contributed by atoms with Crippen LogP contribution in [0, 0.1) is 6.92 Å². The van der Waals surface area contributed by atoms with Crippen molar-refractivity contribution in [1.82, 2.24) is 0 Å². The monoisotopic (exact) mass is 246 g/mol. The summed E-state index contributed by atoms with van der Waals surface area (Å²) in [7, 11) is 0. The van der Waals surface area contributed by atoms with E-state index in [2.05, 4.69) is 0 Å². The van der Waals surface area contributed by atoms with Crippen molar-refractivity contribution >= 4 is 29.2 Å². The highest BCUT2D eigenvalue weighted by molar-refractivity contribution is 6.35. The summed E-state index contributed by atoms with van der Waals surface area (Å²) >= 11 is 11.8. The molecule has 0 saturated heterocycles. The topological polar surface area (TPSA) is 26.3 Å². The summed E-state index contributed by atoms with van der Waals surface area (Å²) in [5.41, 5.74) is 1.68. The molecule has 0 aromatic heterocycles. The van der Waals surface area contributed by atoms with Crippen molar-refractivity contribution in [2.45, 2.75) is 20.3 Å². The first-order valence-corrected chi connectivity index (χ1v) is 5.40. The largest absolute Gasteiger partial charge is 0.466 e. The van der Waals surface area contributed by atoms with E-state index in [-0.39, 0.29) is 12.4 Å². The molecule has 0 atom stereocenters. The first-order valence-electron chi connectivity index (χ1n) is 4.64. The van der Waals surface area contributed by atoms with Gasteiger partial charge in [0, 0.05) is 10.0 Å². The van der Waals surface area contributed by atoms with Gasteiger partial charge in [0.2, 0.25) is 0 Å². The van der Waals surface area contributed by atoms with Crippen molar-refractivity contribution in [1.29, 1.82) is 0 Å². The maximum Gasteiger partial charge on any atom is 0.310 e. The lowest BCUT2D eigenvalue weighted by Crippen LogP contribution is -2.08. The normalized spacial score (nSPS) is 10.1. The molecule has 0 unspecified atom stereocenters. The summed E-state index contributed by atoms with van der Waals surface area (Å²) < 4.78 is 4.86. The van der Waals surface area contributed by atoms with E-state index in [1.807, 2.05) is 6.92 Å². The van der Waals surface area contributed by atoms with Crippen LogP contribution in [0.5, 0.6) is 0 Å². The zero-order valence-corrected chi connectivity index (χ0v) is 10.2. The third-order valence-electron chi connectivity index (χ3n) is 2.06. The van der Waals surface area contributed by atoms with Crippen molar-refractivity contribution in [3.8, 4) is 0 Å². The summed E-state index contributed by atoms with van der Waals surface area (Å²) in [5, 5.41) is 1.10. The van der Waals surface area contributed by atoms with E-state index in [1.165, 1.54) is 0 Å².